The topological polar surface area (TPSA) is 53.1 Å². The Labute approximate surface area is 104 Å². The van der Waals surface area contributed by atoms with Gasteiger partial charge in [-0.2, -0.15) is 0 Å². The summed E-state index contributed by atoms with van der Waals surface area (Å²) in [5.74, 6) is 1.08. The van der Waals surface area contributed by atoms with Crippen LogP contribution in [0.15, 0.2) is 12.4 Å². The second-order valence-electron chi connectivity index (χ2n) is 4.70. The quantitative estimate of drug-likeness (QED) is 0.790. The van der Waals surface area contributed by atoms with Crippen molar-refractivity contribution in [2.24, 2.45) is 12.8 Å². The monoisotopic (exact) mass is 239 g/mol. The van der Waals surface area contributed by atoms with E-state index < -0.39 is 0 Å². The van der Waals surface area contributed by atoms with E-state index in [0.717, 1.165) is 25.1 Å². The highest BCUT2D eigenvalue weighted by atomic mass is 16.5. The second kappa shape index (κ2) is 6.17. The SMILES string of the molecule is CCOC(C)(CC)C(N)CCc1nccn1C. The molecule has 4 nitrogen and oxygen atoms in total. The van der Waals surface area contributed by atoms with Crippen LogP contribution in [0.3, 0.4) is 0 Å². The summed E-state index contributed by atoms with van der Waals surface area (Å²) in [6.07, 6.45) is 6.51. The van der Waals surface area contributed by atoms with Crippen molar-refractivity contribution in [1.29, 1.82) is 0 Å². The molecule has 0 saturated carbocycles. The van der Waals surface area contributed by atoms with Crippen LogP contribution in [0.25, 0.3) is 0 Å². The fraction of sp³-hybridized carbons (Fsp3) is 0.769. The van der Waals surface area contributed by atoms with E-state index in [1.54, 1.807) is 0 Å². The molecule has 2 unspecified atom stereocenters. The van der Waals surface area contributed by atoms with Gasteiger partial charge in [-0.3, -0.25) is 0 Å². The van der Waals surface area contributed by atoms with Crippen molar-refractivity contribution >= 4 is 0 Å². The van der Waals surface area contributed by atoms with Crippen LogP contribution in [-0.4, -0.2) is 27.8 Å². The Bertz CT molecular complexity index is 337. The highest BCUT2D eigenvalue weighted by molar-refractivity contribution is 4.94. The molecule has 17 heavy (non-hydrogen) atoms. The minimum Gasteiger partial charge on any atom is -0.374 e. The summed E-state index contributed by atoms with van der Waals surface area (Å²) in [7, 11) is 2.01. The maximum absolute atomic E-state index is 6.25. The molecule has 1 aromatic rings. The Balaban J connectivity index is 2.53. The van der Waals surface area contributed by atoms with E-state index in [0.29, 0.717) is 6.61 Å². The van der Waals surface area contributed by atoms with E-state index in [4.69, 9.17) is 10.5 Å². The van der Waals surface area contributed by atoms with Gasteiger partial charge in [0.1, 0.15) is 5.82 Å². The Morgan fingerprint density at radius 3 is 2.71 bits per heavy atom. The third kappa shape index (κ3) is 3.54. The van der Waals surface area contributed by atoms with Crippen molar-refractivity contribution in [2.75, 3.05) is 6.61 Å². The fourth-order valence-corrected chi connectivity index (χ4v) is 2.03. The average Bonchev–Trinajstić information content (AvgIpc) is 2.72. The van der Waals surface area contributed by atoms with E-state index in [9.17, 15) is 0 Å². The number of ether oxygens (including phenoxy) is 1. The molecule has 4 heteroatoms. The number of aryl methyl sites for hydroxylation is 2. The maximum atomic E-state index is 6.25. The largest absolute Gasteiger partial charge is 0.374 e. The Hall–Kier alpha value is -0.870. The lowest BCUT2D eigenvalue weighted by atomic mass is 9.90. The van der Waals surface area contributed by atoms with Gasteiger partial charge in [0.05, 0.1) is 5.60 Å². The van der Waals surface area contributed by atoms with Gasteiger partial charge in [-0.25, -0.2) is 4.98 Å². The number of aromatic nitrogens is 2. The summed E-state index contributed by atoms with van der Waals surface area (Å²) in [6.45, 7) is 6.94. The summed E-state index contributed by atoms with van der Waals surface area (Å²) >= 11 is 0. The van der Waals surface area contributed by atoms with E-state index in [1.165, 1.54) is 0 Å². The number of hydrogen-bond donors (Lipinski definition) is 1. The maximum Gasteiger partial charge on any atom is 0.108 e. The molecular formula is C13H25N3O. The van der Waals surface area contributed by atoms with Crippen molar-refractivity contribution in [3.05, 3.63) is 18.2 Å². The van der Waals surface area contributed by atoms with E-state index in [2.05, 4.69) is 18.8 Å². The van der Waals surface area contributed by atoms with Crippen molar-refractivity contribution in [3.63, 3.8) is 0 Å². The summed E-state index contributed by atoms with van der Waals surface area (Å²) in [6, 6.07) is 0.0455. The van der Waals surface area contributed by atoms with Crippen LogP contribution in [0.2, 0.25) is 0 Å². The molecule has 1 rings (SSSR count). The molecule has 98 valence electrons. The fourth-order valence-electron chi connectivity index (χ4n) is 2.03. The molecule has 0 aliphatic carbocycles. The molecule has 0 aliphatic heterocycles. The van der Waals surface area contributed by atoms with Crippen LogP contribution in [0, 0.1) is 0 Å². The van der Waals surface area contributed by atoms with Gasteiger partial charge in [-0.1, -0.05) is 6.92 Å². The highest BCUT2D eigenvalue weighted by Crippen LogP contribution is 2.21. The lowest BCUT2D eigenvalue weighted by Crippen LogP contribution is -2.47. The molecule has 0 aliphatic rings. The normalized spacial score (nSPS) is 16.8. The highest BCUT2D eigenvalue weighted by Gasteiger charge is 2.30. The predicted octanol–water partition coefficient (Wildman–Crippen LogP) is 1.89. The molecule has 0 radical (unpaired) electrons. The molecule has 0 aromatic carbocycles. The van der Waals surface area contributed by atoms with Gasteiger partial charge in [0.2, 0.25) is 0 Å². The number of nitrogens with two attached hydrogens (primary N) is 1. The van der Waals surface area contributed by atoms with E-state index in [-0.39, 0.29) is 11.6 Å². The van der Waals surface area contributed by atoms with Crippen LogP contribution in [0.4, 0.5) is 0 Å². The van der Waals surface area contributed by atoms with Crippen LogP contribution in [0.5, 0.6) is 0 Å². The van der Waals surface area contributed by atoms with Crippen LogP contribution < -0.4 is 5.73 Å². The molecule has 2 N–H and O–H groups in total. The summed E-state index contributed by atoms with van der Waals surface area (Å²) in [4.78, 5) is 4.31. The molecule has 0 fully saturated rings. The van der Waals surface area contributed by atoms with Gasteiger partial charge < -0.3 is 15.0 Å². The van der Waals surface area contributed by atoms with Gasteiger partial charge in [-0.05, 0) is 26.7 Å². The molecule has 2 atom stereocenters. The first-order valence-corrected chi connectivity index (χ1v) is 6.39. The lowest BCUT2D eigenvalue weighted by molar-refractivity contribution is -0.0479. The van der Waals surface area contributed by atoms with Gasteiger partial charge in [0.25, 0.3) is 0 Å². The standard InChI is InChI=1S/C13H25N3O/c1-5-13(3,17-6-2)11(14)7-8-12-15-9-10-16(12)4/h9-11H,5-8,14H2,1-4H3. The molecule has 1 heterocycles. The summed E-state index contributed by atoms with van der Waals surface area (Å²) in [5, 5.41) is 0. The smallest absolute Gasteiger partial charge is 0.108 e. The first kappa shape index (κ1) is 14.2. The zero-order valence-corrected chi connectivity index (χ0v) is 11.4. The lowest BCUT2D eigenvalue weighted by Gasteiger charge is -2.34. The molecular weight excluding hydrogens is 214 g/mol. The van der Waals surface area contributed by atoms with E-state index >= 15 is 0 Å². The number of hydrogen-bond acceptors (Lipinski definition) is 3. The van der Waals surface area contributed by atoms with Crippen LogP contribution in [-0.2, 0) is 18.2 Å². The van der Waals surface area contributed by atoms with Crippen LogP contribution >= 0.6 is 0 Å². The van der Waals surface area contributed by atoms with Crippen molar-refractivity contribution < 1.29 is 4.74 Å². The first-order valence-electron chi connectivity index (χ1n) is 6.39. The van der Waals surface area contributed by atoms with Gasteiger partial charge >= 0.3 is 0 Å². The van der Waals surface area contributed by atoms with Gasteiger partial charge in [0.15, 0.2) is 0 Å². The molecule has 0 saturated heterocycles. The number of nitrogens with zero attached hydrogens (tertiary/aromatic N) is 2. The van der Waals surface area contributed by atoms with Crippen molar-refractivity contribution in [2.45, 2.75) is 51.7 Å². The first-order chi connectivity index (χ1) is 8.03. The second-order valence-corrected chi connectivity index (χ2v) is 4.70. The number of rotatable bonds is 7. The minimum atomic E-state index is -0.222. The minimum absolute atomic E-state index is 0.0455. The third-order valence-electron chi connectivity index (χ3n) is 3.56. The van der Waals surface area contributed by atoms with Crippen LogP contribution in [0.1, 0.15) is 39.4 Å². The summed E-state index contributed by atoms with van der Waals surface area (Å²) in [5.41, 5.74) is 6.03. The zero-order chi connectivity index (χ0) is 12.9. The molecule has 0 bridgehead atoms. The Kier molecular flexibility index (Phi) is 5.15. The summed E-state index contributed by atoms with van der Waals surface area (Å²) < 4.78 is 7.83. The molecule has 0 spiro atoms. The van der Waals surface area contributed by atoms with E-state index in [1.807, 2.05) is 30.9 Å². The third-order valence-corrected chi connectivity index (χ3v) is 3.56. The predicted molar refractivity (Wildman–Crippen MR) is 69.8 cm³/mol. The molecule has 0 amide bonds. The molecule has 1 aromatic heterocycles. The van der Waals surface area contributed by atoms with Crippen molar-refractivity contribution in [3.8, 4) is 0 Å². The Morgan fingerprint density at radius 1 is 1.53 bits per heavy atom. The van der Waals surface area contributed by atoms with Crippen molar-refractivity contribution in [1.82, 2.24) is 9.55 Å². The Morgan fingerprint density at radius 2 is 2.24 bits per heavy atom. The van der Waals surface area contributed by atoms with Gasteiger partial charge in [-0.15, -0.1) is 0 Å². The average molecular weight is 239 g/mol. The number of imidazole rings is 1. The van der Waals surface area contributed by atoms with Gasteiger partial charge in [0, 0.05) is 38.5 Å². The zero-order valence-electron chi connectivity index (χ0n) is 11.4.